The Labute approximate surface area is 205 Å². The highest BCUT2D eigenvalue weighted by Crippen LogP contribution is 2.26. The first-order chi connectivity index (χ1) is 16.8. The van der Waals surface area contributed by atoms with Crippen LogP contribution < -0.4 is 10.1 Å². The molecule has 2 aromatic carbocycles. The molecule has 1 fully saturated rings. The van der Waals surface area contributed by atoms with E-state index in [4.69, 9.17) is 14.5 Å². The summed E-state index contributed by atoms with van der Waals surface area (Å²) in [4.78, 5) is 27.5. The van der Waals surface area contributed by atoms with Crippen molar-refractivity contribution >= 4 is 23.8 Å². The lowest BCUT2D eigenvalue weighted by atomic mass is 10.1. The topological polar surface area (TPSA) is 88.9 Å². The first-order valence-electron chi connectivity index (χ1n) is 11.8. The first-order valence-corrected chi connectivity index (χ1v) is 11.8. The average molecular weight is 472 g/mol. The molecule has 35 heavy (non-hydrogen) atoms. The van der Waals surface area contributed by atoms with Crippen LogP contribution in [0.3, 0.4) is 0 Å². The molecule has 2 aliphatic heterocycles. The minimum atomic E-state index is -0.511. The Bertz CT molecular complexity index is 1270. The number of carbonyl (C=O) groups excluding carboxylic acids is 1. The maximum Gasteiger partial charge on any atom is 0.410 e. The molecular weight excluding hydrogens is 442 g/mol. The van der Waals surface area contributed by atoms with Crippen molar-refractivity contribution in [3.8, 4) is 17.1 Å². The minimum absolute atomic E-state index is 0.0879. The van der Waals surface area contributed by atoms with E-state index in [0.29, 0.717) is 24.7 Å². The summed E-state index contributed by atoms with van der Waals surface area (Å²) in [5.74, 6) is 2.03. The Morgan fingerprint density at radius 2 is 2.03 bits per heavy atom. The number of likely N-dealkylation sites (tertiary alicyclic amines) is 1. The smallest absolute Gasteiger partial charge is 0.410 e. The SMILES string of the molecule is CC(C)(C)OC(=O)N1CCC(Oc2cccc(-c3nccc(Nc4ccc5c(c4)C=NC5)n3)c2)C1. The van der Waals surface area contributed by atoms with Gasteiger partial charge in [0, 0.05) is 36.6 Å². The van der Waals surface area contributed by atoms with Crippen LogP contribution in [-0.2, 0) is 11.3 Å². The van der Waals surface area contributed by atoms with Crippen LogP contribution in [0.15, 0.2) is 59.7 Å². The molecule has 0 saturated carbocycles. The number of ether oxygens (including phenoxy) is 2. The van der Waals surface area contributed by atoms with E-state index in [0.717, 1.165) is 35.5 Å². The van der Waals surface area contributed by atoms with E-state index >= 15 is 0 Å². The van der Waals surface area contributed by atoms with E-state index in [1.807, 2.05) is 63.4 Å². The van der Waals surface area contributed by atoms with Gasteiger partial charge in [-0.05, 0) is 62.2 Å². The van der Waals surface area contributed by atoms with Gasteiger partial charge in [-0.1, -0.05) is 18.2 Å². The predicted octanol–water partition coefficient (Wildman–Crippen LogP) is 5.21. The molecule has 0 bridgehead atoms. The van der Waals surface area contributed by atoms with Crippen molar-refractivity contribution in [3.05, 3.63) is 65.9 Å². The summed E-state index contributed by atoms with van der Waals surface area (Å²) in [5.41, 5.74) is 3.66. The number of benzene rings is 2. The van der Waals surface area contributed by atoms with Crippen molar-refractivity contribution in [1.29, 1.82) is 0 Å². The zero-order chi connectivity index (χ0) is 24.4. The van der Waals surface area contributed by atoms with E-state index in [1.165, 1.54) is 5.56 Å². The van der Waals surface area contributed by atoms with Crippen LogP contribution in [0.2, 0.25) is 0 Å². The molecule has 3 aromatic rings. The van der Waals surface area contributed by atoms with Crippen molar-refractivity contribution < 1.29 is 14.3 Å². The molecule has 1 N–H and O–H groups in total. The standard InChI is InChI=1S/C27H29N5O3/c1-27(2,3)35-26(33)32-12-10-23(17-32)34-22-6-4-5-18(14-22)25-29-11-9-24(31-25)30-21-8-7-19-15-28-16-20(19)13-21/h4-9,11,13-14,16,23H,10,12,15,17H2,1-3H3,(H,29,30,31). The maximum absolute atomic E-state index is 12.3. The van der Waals surface area contributed by atoms with Gasteiger partial charge in [-0.15, -0.1) is 0 Å². The molecule has 1 atom stereocenters. The summed E-state index contributed by atoms with van der Waals surface area (Å²) in [7, 11) is 0. The van der Waals surface area contributed by atoms with E-state index in [1.54, 1.807) is 11.1 Å². The van der Waals surface area contributed by atoms with Gasteiger partial charge in [-0.3, -0.25) is 4.99 Å². The molecule has 1 saturated heterocycles. The third-order valence-electron chi connectivity index (χ3n) is 5.76. The average Bonchev–Trinajstić information content (AvgIpc) is 3.48. The summed E-state index contributed by atoms with van der Waals surface area (Å²) in [5, 5.41) is 3.36. The molecular formula is C27H29N5O3. The fourth-order valence-electron chi connectivity index (χ4n) is 4.11. The highest BCUT2D eigenvalue weighted by molar-refractivity contribution is 5.86. The number of carbonyl (C=O) groups is 1. The number of aliphatic imine (C=N–C) groups is 1. The predicted molar refractivity (Wildman–Crippen MR) is 135 cm³/mol. The van der Waals surface area contributed by atoms with Gasteiger partial charge in [-0.2, -0.15) is 0 Å². The fourth-order valence-corrected chi connectivity index (χ4v) is 4.11. The molecule has 1 amide bonds. The van der Waals surface area contributed by atoms with Crippen LogP contribution in [-0.4, -0.2) is 52.0 Å². The number of fused-ring (bicyclic) bond motifs is 1. The molecule has 8 heteroatoms. The first kappa shape index (κ1) is 22.8. The zero-order valence-electron chi connectivity index (χ0n) is 20.2. The molecule has 2 aliphatic rings. The number of amides is 1. The van der Waals surface area contributed by atoms with E-state index < -0.39 is 5.60 Å². The lowest BCUT2D eigenvalue weighted by molar-refractivity contribution is 0.0275. The van der Waals surface area contributed by atoms with E-state index in [2.05, 4.69) is 27.4 Å². The van der Waals surface area contributed by atoms with Crippen LogP contribution in [0.25, 0.3) is 11.4 Å². The third-order valence-corrected chi connectivity index (χ3v) is 5.76. The molecule has 0 aliphatic carbocycles. The number of nitrogens with zero attached hydrogens (tertiary/aromatic N) is 4. The summed E-state index contributed by atoms with van der Waals surface area (Å²) in [6.07, 6.45) is 4.00. The lowest BCUT2D eigenvalue weighted by Gasteiger charge is -2.24. The maximum atomic E-state index is 12.3. The molecule has 1 aromatic heterocycles. The van der Waals surface area contributed by atoms with Crippen LogP contribution in [0, 0.1) is 0 Å². The summed E-state index contributed by atoms with van der Waals surface area (Å²) < 4.78 is 11.7. The summed E-state index contributed by atoms with van der Waals surface area (Å²) in [6, 6.07) is 15.8. The number of hydrogen-bond acceptors (Lipinski definition) is 7. The van der Waals surface area contributed by atoms with Crippen molar-refractivity contribution in [2.24, 2.45) is 4.99 Å². The van der Waals surface area contributed by atoms with Gasteiger partial charge in [-0.25, -0.2) is 14.8 Å². The van der Waals surface area contributed by atoms with Gasteiger partial charge >= 0.3 is 6.09 Å². The molecule has 8 nitrogen and oxygen atoms in total. The number of rotatable bonds is 5. The molecule has 0 radical (unpaired) electrons. The van der Waals surface area contributed by atoms with Gasteiger partial charge in [0.2, 0.25) is 0 Å². The van der Waals surface area contributed by atoms with Gasteiger partial charge in [0.15, 0.2) is 5.82 Å². The second-order valence-corrected chi connectivity index (χ2v) is 9.76. The van der Waals surface area contributed by atoms with Crippen molar-refractivity contribution in [2.45, 2.75) is 45.4 Å². The second-order valence-electron chi connectivity index (χ2n) is 9.76. The minimum Gasteiger partial charge on any atom is -0.488 e. The zero-order valence-corrected chi connectivity index (χ0v) is 20.2. The summed E-state index contributed by atoms with van der Waals surface area (Å²) >= 11 is 0. The Kier molecular flexibility index (Phi) is 6.11. The van der Waals surface area contributed by atoms with Crippen LogP contribution in [0.5, 0.6) is 5.75 Å². The van der Waals surface area contributed by atoms with E-state index in [-0.39, 0.29) is 12.2 Å². The third kappa shape index (κ3) is 5.59. The van der Waals surface area contributed by atoms with Gasteiger partial charge in [0.25, 0.3) is 0 Å². The van der Waals surface area contributed by atoms with Gasteiger partial charge in [0.1, 0.15) is 23.3 Å². The van der Waals surface area contributed by atoms with Crippen LogP contribution in [0.1, 0.15) is 38.3 Å². The number of hydrogen-bond donors (Lipinski definition) is 1. The number of aromatic nitrogens is 2. The number of nitrogens with one attached hydrogen (secondary N) is 1. The Morgan fingerprint density at radius 3 is 2.89 bits per heavy atom. The normalized spacial score (nSPS) is 16.8. The molecule has 0 spiro atoms. The van der Waals surface area contributed by atoms with Crippen molar-refractivity contribution in [2.75, 3.05) is 18.4 Å². The second kappa shape index (κ2) is 9.37. The van der Waals surface area contributed by atoms with Gasteiger partial charge in [0.05, 0.1) is 13.1 Å². The molecule has 3 heterocycles. The fraction of sp³-hybridized carbons (Fsp3) is 0.333. The van der Waals surface area contributed by atoms with Crippen LogP contribution >= 0.6 is 0 Å². The monoisotopic (exact) mass is 471 g/mol. The Balaban J connectivity index is 1.25. The largest absolute Gasteiger partial charge is 0.488 e. The quantitative estimate of drug-likeness (QED) is 0.550. The van der Waals surface area contributed by atoms with E-state index in [9.17, 15) is 4.79 Å². The Hall–Kier alpha value is -3.94. The highest BCUT2D eigenvalue weighted by Gasteiger charge is 2.31. The van der Waals surface area contributed by atoms with Crippen molar-refractivity contribution in [1.82, 2.24) is 14.9 Å². The lowest BCUT2D eigenvalue weighted by Crippen LogP contribution is -2.36. The van der Waals surface area contributed by atoms with Crippen LogP contribution in [0.4, 0.5) is 16.3 Å². The highest BCUT2D eigenvalue weighted by atomic mass is 16.6. The molecule has 1 unspecified atom stereocenters. The number of anilines is 2. The Morgan fingerprint density at radius 1 is 1.14 bits per heavy atom. The molecule has 180 valence electrons. The van der Waals surface area contributed by atoms with Gasteiger partial charge < -0.3 is 19.7 Å². The summed E-state index contributed by atoms with van der Waals surface area (Å²) in [6.45, 7) is 7.46. The molecule has 5 rings (SSSR count). The van der Waals surface area contributed by atoms with Crippen molar-refractivity contribution in [3.63, 3.8) is 0 Å².